The summed E-state index contributed by atoms with van der Waals surface area (Å²) in [6.45, 7) is 0. The highest BCUT2D eigenvalue weighted by atomic mass is 32.2. The SMILES string of the molecule is COc1ccc(CS(=O)(=O)NC2CC2)cc1. The fraction of sp³-hybridized carbons (Fsp3) is 0.455. The van der Waals surface area contributed by atoms with Gasteiger partial charge in [-0.1, -0.05) is 12.1 Å². The molecule has 1 fully saturated rings. The summed E-state index contributed by atoms with van der Waals surface area (Å²) >= 11 is 0. The van der Waals surface area contributed by atoms with Crippen LogP contribution in [0.2, 0.25) is 0 Å². The molecule has 4 nitrogen and oxygen atoms in total. The summed E-state index contributed by atoms with van der Waals surface area (Å²) in [6.07, 6.45) is 1.92. The lowest BCUT2D eigenvalue weighted by Crippen LogP contribution is -2.26. The van der Waals surface area contributed by atoms with Gasteiger partial charge < -0.3 is 4.74 Å². The van der Waals surface area contributed by atoms with Crippen LogP contribution in [0.4, 0.5) is 0 Å². The van der Waals surface area contributed by atoms with Gasteiger partial charge in [0.05, 0.1) is 12.9 Å². The predicted octanol–water partition coefficient (Wildman–Crippen LogP) is 1.28. The van der Waals surface area contributed by atoms with Crippen LogP contribution >= 0.6 is 0 Å². The van der Waals surface area contributed by atoms with Crippen molar-refractivity contribution in [2.24, 2.45) is 0 Å². The maximum Gasteiger partial charge on any atom is 0.216 e. The highest BCUT2D eigenvalue weighted by Crippen LogP contribution is 2.21. The average molecular weight is 241 g/mol. The lowest BCUT2D eigenvalue weighted by atomic mass is 10.2. The molecule has 1 aromatic rings. The molecule has 0 amide bonds. The Bertz CT molecular complexity index is 449. The van der Waals surface area contributed by atoms with Crippen molar-refractivity contribution in [3.63, 3.8) is 0 Å². The topological polar surface area (TPSA) is 55.4 Å². The number of methoxy groups -OCH3 is 1. The highest BCUT2D eigenvalue weighted by molar-refractivity contribution is 7.88. The second-order valence-electron chi connectivity index (χ2n) is 4.00. The third-order valence-electron chi connectivity index (χ3n) is 2.44. The molecule has 1 aromatic carbocycles. The first-order valence-corrected chi connectivity index (χ1v) is 6.87. The smallest absolute Gasteiger partial charge is 0.216 e. The van der Waals surface area contributed by atoms with Gasteiger partial charge in [-0.15, -0.1) is 0 Å². The Morgan fingerprint density at radius 2 is 1.94 bits per heavy atom. The van der Waals surface area contributed by atoms with Gasteiger partial charge in [0, 0.05) is 6.04 Å². The van der Waals surface area contributed by atoms with Gasteiger partial charge in [0.1, 0.15) is 5.75 Å². The van der Waals surface area contributed by atoms with Crippen LogP contribution in [0, 0.1) is 0 Å². The van der Waals surface area contributed by atoms with Crippen molar-refractivity contribution in [3.05, 3.63) is 29.8 Å². The van der Waals surface area contributed by atoms with E-state index in [-0.39, 0.29) is 11.8 Å². The number of ether oxygens (including phenoxy) is 1. The molecule has 0 unspecified atom stereocenters. The van der Waals surface area contributed by atoms with Gasteiger partial charge in [-0.25, -0.2) is 13.1 Å². The summed E-state index contributed by atoms with van der Waals surface area (Å²) in [7, 11) is -1.60. The molecule has 0 radical (unpaired) electrons. The number of hydrogen-bond donors (Lipinski definition) is 1. The van der Waals surface area contributed by atoms with Crippen molar-refractivity contribution in [3.8, 4) is 5.75 Å². The van der Waals surface area contributed by atoms with E-state index in [1.807, 2.05) is 0 Å². The maximum atomic E-state index is 11.7. The molecule has 0 aromatic heterocycles. The molecule has 1 N–H and O–H groups in total. The molecule has 0 aliphatic heterocycles. The molecule has 1 aliphatic carbocycles. The molecule has 1 saturated carbocycles. The molecular weight excluding hydrogens is 226 g/mol. The zero-order chi connectivity index (χ0) is 11.6. The van der Waals surface area contributed by atoms with Gasteiger partial charge in [0.15, 0.2) is 0 Å². The van der Waals surface area contributed by atoms with Gasteiger partial charge in [-0.05, 0) is 30.5 Å². The van der Waals surface area contributed by atoms with Crippen LogP contribution in [-0.4, -0.2) is 21.6 Å². The lowest BCUT2D eigenvalue weighted by Gasteiger charge is -2.06. The van der Waals surface area contributed by atoms with Crippen molar-refractivity contribution in [1.29, 1.82) is 0 Å². The van der Waals surface area contributed by atoms with E-state index in [1.54, 1.807) is 31.4 Å². The van der Waals surface area contributed by atoms with Gasteiger partial charge in [0.25, 0.3) is 0 Å². The molecule has 16 heavy (non-hydrogen) atoms. The first-order chi connectivity index (χ1) is 7.59. The van der Waals surface area contributed by atoms with Crippen molar-refractivity contribution in [2.75, 3.05) is 7.11 Å². The molecular formula is C11H15NO3S. The maximum absolute atomic E-state index is 11.7. The molecule has 2 rings (SSSR count). The minimum Gasteiger partial charge on any atom is -0.497 e. The number of benzene rings is 1. The number of rotatable bonds is 5. The van der Waals surface area contributed by atoms with Crippen LogP contribution < -0.4 is 9.46 Å². The van der Waals surface area contributed by atoms with Crippen LogP contribution in [0.3, 0.4) is 0 Å². The number of nitrogens with one attached hydrogen (secondary N) is 1. The largest absolute Gasteiger partial charge is 0.497 e. The van der Waals surface area contributed by atoms with E-state index in [2.05, 4.69) is 4.72 Å². The summed E-state index contributed by atoms with van der Waals surface area (Å²) in [5.41, 5.74) is 0.772. The Morgan fingerprint density at radius 1 is 1.31 bits per heavy atom. The van der Waals surface area contributed by atoms with E-state index >= 15 is 0 Å². The van der Waals surface area contributed by atoms with Crippen LogP contribution in [0.15, 0.2) is 24.3 Å². The molecule has 0 atom stereocenters. The summed E-state index contributed by atoms with van der Waals surface area (Å²) in [5.74, 6) is 0.768. The third-order valence-corrected chi connectivity index (χ3v) is 3.85. The fourth-order valence-electron chi connectivity index (χ4n) is 1.44. The Kier molecular flexibility index (Phi) is 3.16. The minimum absolute atomic E-state index is 0.0352. The monoisotopic (exact) mass is 241 g/mol. The first-order valence-electron chi connectivity index (χ1n) is 5.22. The Morgan fingerprint density at radius 3 is 2.44 bits per heavy atom. The zero-order valence-corrected chi connectivity index (χ0v) is 9.96. The fourth-order valence-corrected chi connectivity index (χ4v) is 2.90. The first kappa shape index (κ1) is 11.4. The summed E-state index contributed by atoms with van der Waals surface area (Å²) in [4.78, 5) is 0. The molecule has 0 bridgehead atoms. The van der Waals surface area contributed by atoms with Crippen LogP contribution in [0.1, 0.15) is 18.4 Å². The predicted molar refractivity (Wildman–Crippen MR) is 61.8 cm³/mol. The lowest BCUT2D eigenvalue weighted by molar-refractivity contribution is 0.414. The molecule has 1 aliphatic rings. The molecule has 0 saturated heterocycles. The quantitative estimate of drug-likeness (QED) is 0.844. The highest BCUT2D eigenvalue weighted by Gasteiger charge is 2.26. The number of sulfonamides is 1. The van der Waals surface area contributed by atoms with Crippen molar-refractivity contribution in [2.45, 2.75) is 24.6 Å². The average Bonchev–Trinajstić information content (AvgIpc) is 3.01. The second kappa shape index (κ2) is 4.43. The molecule has 0 heterocycles. The Balaban J connectivity index is 2.01. The van der Waals surface area contributed by atoms with Gasteiger partial charge in [0.2, 0.25) is 10.0 Å². The summed E-state index contributed by atoms with van der Waals surface area (Å²) < 4.78 is 31.0. The molecule has 0 spiro atoms. The van der Waals surface area contributed by atoms with Crippen molar-refractivity contribution < 1.29 is 13.2 Å². The van der Waals surface area contributed by atoms with E-state index < -0.39 is 10.0 Å². The molecule has 88 valence electrons. The van der Waals surface area contributed by atoms with Gasteiger partial charge in [-0.2, -0.15) is 0 Å². The number of hydrogen-bond acceptors (Lipinski definition) is 3. The summed E-state index contributed by atoms with van der Waals surface area (Å²) in [5, 5.41) is 0. The third kappa shape index (κ3) is 3.21. The van der Waals surface area contributed by atoms with Crippen LogP contribution in [-0.2, 0) is 15.8 Å². The normalized spacial score (nSPS) is 16.1. The van der Waals surface area contributed by atoms with Crippen molar-refractivity contribution in [1.82, 2.24) is 4.72 Å². The Hall–Kier alpha value is -1.07. The minimum atomic E-state index is -3.18. The van der Waals surface area contributed by atoms with Gasteiger partial charge >= 0.3 is 0 Å². The van der Waals surface area contributed by atoms with Crippen LogP contribution in [0.25, 0.3) is 0 Å². The standard InChI is InChI=1S/C11H15NO3S/c1-15-11-6-2-9(3-7-11)8-16(13,14)12-10-4-5-10/h2-3,6-7,10,12H,4-5,8H2,1H3. The zero-order valence-electron chi connectivity index (χ0n) is 9.14. The summed E-state index contributed by atoms with van der Waals surface area (Å²) in [6, 6.07) is 7.24. The van der Waals surface area contributed by atoms with E-state index in [1.165, 1.54) is 0 Å². The Labute approximate surface area is 95.7 Å². The van der Waals surface area contributed by atoms with E-state index in [0.717, 1.165) is 24.2 Å². The van der Waals surface area contributed by atoms with E-state index in [9.17, 15) is 8.42 Å². The molecule has 5 heteroatoms. The second-order valence-corrected chi connectivity index (χ2v) is 5.75. The van der Waals surface area contributed by atoms with Crippen LogP contribution in [0.5, 0.6) is 5.75 Å². The van der Waals surface area contributed by atoms with E-state index in [4.69, 9.17) is 4.74 Å². The van der Waals surface area contributed by atoms with Crippen molar-refractivity contribution >= 4 is 10.0 Å². The van der Waals surface area contributed by atoms with Gasteiger partial charge in [-0.3, -0.25) is 0 Å². The van der Waals surface area contributed by atoms with E-state index in [0.29, 0.717) is 0 Å².